The van der Waals surface area contributed by atoms with Crippen LogP contribution in [0.1, 0.15) is 31.9 Å². The van der Waals surface area contributed by atoms with E-state index in [0.29, 0.717) is 18.7 Å². The maximum Gasteiger partial charge on any atom is 0.405 e. The highest BCUT2D eigenvalue weighted by Crippen LogP contribution is 2.31. The van der Waals surface area contributed by atoms with Crippen molar-refractivity contribution in [1.82, 2.24) is 0 Å². The number of halogens is 3. The molecule has 122 valence electrons. The van der Waals surface area contributed by atoms with Crippen LogP contribution in [0.5, 0.6) is 0 Å². The van der Waals surface area contributed by atoms with Crippen LogP contribution < -0.4 is 4.90 Å². The molecule has 1 aliphatic heterocycles. The molecule has 0 N–H and O–H groups in total. The number of carbonyl (C=O) groups excluding carboxylic acids is 1. The molecule has 0 spiro atoms. The van der Waals surface area contributed by atoms with Crippen molar-refractivity contribution in [3.63, 3.8) is 0 Å². The number of hydrogen-bond donors (Lipinski definition) is 0. The van der Waals surface area contributed by atoms with Gasteiger partial charge in [-0.3, -0.25) is 4.79 Å². The Bertz CT molecular complexity index is 561. The Morgan fingerprint density at radius 1 is 1.27 bits per heavy atom. The van der Waals surface area contributed by atoms with Crippen molar-refractivity contribution in [2.75, 3.05) is 18.0 Å². The molecule has 0 aromatic heterocycles. The largest absolute Gasteiger partial charge is 0.460 e. The lowest BCUT2D eigenvalue weighted by molar-refractivity contribution is -0.153. The Morgan fingerprint density at radius 2 is 1.95 bits per heavy atom. The van der Waals surface area contributed by atoms with E-state index in [0.717, 1.165) is 11.1 Å². The number of esters is 1. The summed E-state index contributed by atoms with van der Waals surface area (Å²) in [5.41, 5.74) is 1.68. The predicted molar refractivity (Wildman–Crippen MR) is 78.0 cm³/mol. The highest BCUT2D eigenvalue weighted by atomic mass is 19.4. The van der Waals surface area contributed by atoms with Crippen molar-refractivity contribution in [3.05, 3.63) is 29.3 Å². The standard InChI is InChI=1S/C16H20F3NO2/c1-15(2,3)22-14(21)9-11-4-5-13-12(8-11)6-7-20(13)10-16(17,18)19/h4-5,8H,6-7,9-10H2,1-3H3. The summed E-state index contributed by atoms with van der Waals surface area (Å²) in [6.45, 7) is 4.80. The summed E-state index contributed by atoms with van der Waals surface area (Å²) < 4.78 is 42.8. The molecule has 2 rings (SSSR count). The molecule has 6 heteroatoms. The maximum absolute atomic E-state index is 12.5. The number of alkyl halides is 3. The molecular formula is C16H20F3NO2. The quantitative estimate of drug-likeness (QED) is 0.800. The Hall–Kier alpha value is -1.72. The lowest BCUT2D eigenvalue weighted by Crippen LogP contribution is -2.32. The van der Waals surface area contributed by atoms with Crippen LogP contribution in [-0.4, -0.2) is 30.8 Å². The molecule has 1 aromatic carbocycles. The normalized spacial score (nSPS) is 14.9. The molecule has 0 saturated heterocycles. The smallest absolute Gasteiger partial charge is 0.405 e. The van der Waals surface area contributed by atoms with Crippen LogP contribution in [0.25, 0.3) is 0 Å². The third-order valence-corrected chi connectivity index (χ3v) is 3.27. The van der Waals surface area contributed by atoms with Crippen molar-refractivity contribution in [1.29, 1.82) is 0 Å². The average molecular weight is 315 g/mol. The van der Waals surface area contributed by atoms with Crippen molar-refractivity contribution in [2.45, 2.75) is 45.4 Å². The van der Waals surface area contributed by atoms with Crippen LogP contribution in [-0.2, 0) is 22.4 Å². The summed E-state index contributed by atoms with van der Waals surface area (Å²) in [7, 11) is 0. The second kappa shape index (κ2) is 5.82. The van der Waals surface area contributed by atoms with E-state index < -0.39 is 18.3 Å². The monoisotopic (exact) mass is 315 g/mol. The van der Waals surface area contributed by atoms with E-state index in [1.165, 1.54) is 4.90 Å². The van der Waals surface area contributed by atoms with Crippen molar-refractivity contribution in [2.24, 2.45) is 0 Å². The van der Waals surface area contributed by atoms with Crippen LogP contribution in [0.2, 0.25) is 0 Å². The van der Waals surface area contributed by atoms with E-state index in [4.69, 9.17) is 4.74 Å². The molecular weight excluding hydrogens is 295 g/mol. The molecule has 0 aliphatic carbocycles. The van der Waals surface area contributed by atoms with Gasteiger partial charge in [0.05, 0.1) is 6.42 Å². The Balaban J connectivity index is 2.06. The number of rotatable bonds is 3. The van der Waals surface area contributed by atoms with Crippen LogP contribution in [0.15, 0.2) is 18.2 Å². The van der Waals surface area contributed by atoms with E-state index >= 15 is 0 Å². The lowest BCUT2D eigenvalue weighted by Gasteiger charge is -2.21. The molecule has 0 fully saturated rings. The van der Waals surface area contributed by atoms with Gasteiger partial charge in [-0.15, -0.1) is 0 Å². The zero-order chi connectivity index (χ0) is 16.5. The van der Waals surface area contributed by atoms with Crippen LogP contribution in [0, 0.1) is 0 Å². The molecule has 0 radical (unpaired) electrons. The molecule has 1 heterocycles. The van der Waals surface area contributed by atoms with Gasteiger partial charge in [0.1, 0.15) is 12.1 Å². The van der Waals surface area contributed by atoms with Gasteiger partial charge in [0.25, 0.3) is 0 Å². The molecule has 0 unspecified atom stereocenters. The molecule has 22 heavy (non-hydrogen) atoms. The van der Waals surface area contributed by atoms with E-state index in [9.17, 15) is 18.0 Å². The third kappa shape index (κ3) is 4.64. The number of nitrogens with zero attached hydrogens (tertiary/aromatic N) is 1. The summed E-state index contributed by atoms with van der Waals surface area (Å²) >= 11 is 0. The third-order valence-electron chi connectivity index (χ3n) is 3.27. The van der Waals surface area contributed by atoms with Gasteiger partial charge in [-0.2, -0.15) is 13.2 Å². The summed E-state index contributed by atoms with van der Waals surface area (Å²) in [5, 5.41) is 0. The SMILES string of the molecule is CC(C)(C)OC(=O)Cc1ccc2c(c1)CCN2CC(F)(F)F. The van der Waals surface area contributed by atoms with Crippen molar-refractivity contribution < 1.29 is 22.7 Å². The summed E-state index contributed by atoms with van der Waals surface area (Å²) in [6.07, 6.45) is -3.52. The minimum atomic E-state index is -4.21. The predicted octanol–water partition coefficient (Wildman–Crippen LogP) is 3.50. The van der Waals surface area contributed by atoms with Gasteiger partial charge in [0, 0.05) is 12.2 Å². The number of anilines is 1. The first-order valence-electron chi connectivity index (χ1n) is 7.19. The molecule has 0 atom stereocenters. The van der Waals surface area contributed by atoms with Crippen molar-refractivity contribution in [3.8, 4) is 0 Å². The number of carbonyl (C=O) groups is 1. The molecule has 1 aliphatic rings. The minimum absolute atomic E-state index is 0.129. The topological polar surface area (TPSA) is 29.5 Å². The second-order valence-corrected chi connectivity index (χ2v) is 6.51. The lowest BCUT2D eigenvalue weighted by atomic mass is 10.1. The van der Waals surface area contributed by atoms with Gasteiger partial charge < -0.3 is 9.64 Å². The summed E-state index contributed by atoms with van der Waals surface area (Å²) in [6, 6.07) is 5.15. The highest BCUT2D eigenvalue weighted by Gasteiger charge is 2.33. The van der Waals surface area contributed by atoms with Gasteiger partial charge in [-0.25, -0.2) is 0 Å². The van der Waals surface area contributed by atoms with Crippen LogP contribution in [0.4, 0.5) is 18.9 Å². The van der Waals surface area contributed by atoms with E-state index in [1.54, 1.807) is 39.0 Å². The van der Waals surface area contributed by atoms with Gasteiger partial charge in [0.2, 0.25) is 0 Å². The first-order valence-corrected chi connectivity index (χ1v) is 7.19. The van der Waals surface area contributed by atoms with E-state index in [-0.39, 0.29) is 12.4 Å². The molecule has 0 saturated carbocycles. The van der Waals surface area contributed by atoms with Crippen LogP contribution in [0.3, 0.4) is 0 Å². The van der Waals surface area contributed by atoms with Gasteiger partial charge in [0.15, 0.2) is 0 Å². The Kier molecular flexibility index (Phi) is 4.40. The molecule has 3 nitrogen and oxygen atoms in total. The summed E-state index contributed by atoms with van der Waals surface area (Å²) in [4.78, 5) is 13.1. The summed E-state index contributed by atoms with van der Waals surface area (Å²) in [5.74, 6) is -0.336. The molecule has 1 aromatic rings. The van der Waals surface area contributed by atoms with Crippen molar-refractivity contribution >= 4 is 11.7 Å². The second-order valence-electron chi connectivity index (χ2n) is 6.51. The fourth-order valence-electron chi connectivity index (χ4n) is 2.56. The van der Waals surface area contributed by atoms with Gasteiger partial charge in [-0.1, -0.05) is 12.1 Å². The first-order chi connectivity index (χ1) is 10.0. The van der Waals surface area contributed by atoms with E-state index in [2.05, 4.69) is 0 Å². The number of benzene rings is 1. The average Bonchev–Trinajstić information content (AvgIpc) is 2.67. The van der Waals surface area contributed by atoms with Gasteiger partial charge >= 0.3 is 12.1 Å². The number of ether oxygens (including phenoxy) is 1. The highest BCUT2D eigenvalue weighted by molar-refractivity contribution is 5.73. The zero-order valence-electron chi connectivity index (χ0n) is 13.0. The zero-order valence-corrected chi connectivity index (χ0v) is 13.0. The first kappa shape index (κ1) is 16.6. The van der Waals surface area contributed by atoms with Gasteiger partial charge in [-0.05, 0) is 44.4 Å². The Labute approximate surface area is 128 Å². The Morgan fingerprint density at radius 3 is 2.55 bits per heavy atom. The maximum atomic E-state index is 12.5. The number of hydrogen-bond acceptors (Lipinski definition) is 3. The van der Waals surface area contributed by atoms with Crippen LogP contribution >= 0.6 is 0 Å². The van der Waals surface area contributed by atoms with E-state index in [1.807, 2.05) is 0 Å². The fourth-order valence-corrected chi connectivity index (χ4v) is 2.56. The fraction of sp³-hybridized carbons (Fsp3) is 0.562. The number of fused-ring (bicyclic) bond motifs is 1. The minimum Gasteiger partial charge on any atom is -0.460 e. The molecule has 0 bridgehead atoms. The molecule has 0 amide bonds.